The van der Waals surface area contributed by atoms with Crippen LogP contribution in [0.15, 0.2) is 76.7 Å². The molecule has 0 unspecified atom stereocenters. The van der Waals surface area contributed by atoms with E-state index in [2.05, 4.69) is 15.2 Å². The summed E-state index contributed by atoms with van der Waals surface area (Å²) in [6.07, 6.45) is 1.44. The van der Waals surface area contributed by atoms with E-state index < -0.39 is 20.6 Å². The molecule has 0 radical (unpaired) electrons. The Morgan fingerprint density at radius 2 is 1.69 bits per heavy atom. The van der Waals surface area contributed by atoms with Crippen molar-refractivity contribution in [3.8, 4) is 11.5 Å². The summed E-state index contributed by atoms with van der Waals surface area (Å²) in [7, 11) is -0.988. The third-order valence-electron chi connectivity index (χ3n) is 4.31. The summed E-state index contributed by atoms with van der Waals surface area (Å²) >= 11 is 0. The SMILES string of the molecule is COc1ccc(/C=N/Nc2ccc(S(=O)(=O)Nc3ccccc3)cc2[N+](=O)[O-])cc1OC. The van der Waals surface area contributed by atoms with Gasteiger partial charge in [0, 0.05) is 11.8 Å². The Bertz CT molecular complexity index is 1250. The van der Waals surface area contributed by atoms with E-state index in [0.717, 1.165) is 6.07 Å². The van der Waals surface area contributed by atoms with Gasteiger partial charge < -0.3 is 9.47 Å². The molecule has 166 valence electrons. The van der Waals surface area contributed by atoms with E-state index in [0.29, 0.717) is 22.7 Å². The Hall–Kier alpha value is -4.12. The van der Waals surface area contributed by atoms with Gasteiger partial charge in [-0.1, -0.05) is 18.2 Å². The minimum atomic E-state index is -4.01. The van der Waals surface area contributed by atoms with Gasteiger partial charge in [0.1, 0.15) is 5.69 Å². The minimum Gasteiger partial charge on any atom is -0.493 e. The summed E-state index contributed by atoms with van der Waals surface area (Å²) in [6, 6.07) is 16.8. The fourth-order valence-electron chi connectivity index (χ4n) is 2.75. The molecule has 0 amide bonds. The number of anilines is 2. The van der Waals surface area contributed by atoms with Crippen LogP contribution >= 0.6 is 0 Å². The summed E-state index contributed by atoms with van der Waals surface area (Å²) in [5.41, 5.74) is 3.17. The van der Waals surface area contributed by atoms with Crippen molar-refractivity contribution in [1.82, 2.24) is 0 Å². The topological polar surface area (TPSA) is 132 Å². The summed E-state index contributed by atoms with van der Waals surface area (Å²) in [4.78, 5) is 10.6. The second kappa shape index (κ2) is 9.79. The predicted molar refractivity (Wildman–Crippen MR) is 121 cm³/mol. The third kappa shape index (κ3) is 5.32. The smallest absolute Gasteiger partial charge is 0.295 e. The van der Waals surface area contributed by atoms with Crippen LogP contribution in [0.4, 0.5) is 17.1 Å². The molecule has 0 aliphatic heterocycles. The van der Waals surface area contributed by atoms with E-state index in [1.165, 1.54) is 32.6 Å². The molecule has 32 heavy (non-hydrogen) atoms. The fourth-order valence-corrected chi connectivity index (χ4v) is 3.83. The molecule has 0 saturated heterocycles. The number of benzene rings is 3. The molecule has 0 atom stereocenters. The molecule has 0 aliphatic rings. The quantitative estimate of drug-likeness (QED) is 0.284. The molecule has 0 aliphatic carbocycles. The van der Waals surface area contributed by atoms with Gasteiger partial charge in [-0.25, -0.2) is 8.42 Å². The van der Waals surface area contributed by atoms with Crippen molar-refractivity contribution in [1.29, 1.82) is 0 Å². The number of rotatable bonds is 9. The van der Waals surface area contributed by atoms with Crippen LogP contribution in [0, 0.1) is 10.1 Å². The Balaban J connectivity index is 1.82. The predicted octanol–water partition coefficient (Wildman–Crippen LogP) is 3.86. The van der Waals surface area contributed by atoms with E-state index in [4.69, 9.17) is 9.47 Å². The highest BCUT2D eigenvalue weighted by molar-refractivity contribution is 7.92. The average Bonchev–Trinajstić information content (AvgIpc) is 2.79. The number of nitro benzene ring substituents is 1. The maximum absolute atomic E-state index is 12.6. The second-order valence-electron chi connectivity index (χ2n) is 6.39. The van der Waals surface area contributed by atoms with Gasteiger partial charge in [0.2, 0.25) is 0 Å². The number of nitrogens with zero attached hydrogens (tertiary/aromatic N) is 2. The van der Waals surface area contributed by atoms with Crippen LogP contribution in [0.2, 0.25) is 0 Å². The maximum Gasteiger partial charge on any atom is 0.295 e. The van der Waals surface area contributed by atoms with Crippen molar-refractivity contribution in [2.45, 2.75) is 4.90 Å². The van der Waals surface area contributed by atoms with E-state index in [9.17, 15) is 18.5 Å². The lowest BCUT2D eigenvalue weighted by molar-refractivity contribution is -0.384. The first-order valence-corrected chi connectivity index (χ1v) is 10.7. The number of methoxy groups -OCH3 is 2. The average molecular weight is 456 g/mol. The van der Waals surface area contributed by atoms with Crippen molar-refractivity contribution in [2.75, 3.05) is 24.4 Å². The largest absolute Gasteiger partial charge is 0.493 e. The Kier molecular flexibility index (Phi) is 6.90. The van der Waals surface area contributed by atoms with Crippen LogP contribution < -0.4 is 19.6 Å². The van der Waals surface area contributed by atoms with Crippen molar-refractivity contribution >= 4 is 33.3 Å². The van der Waals surface area contributed by atoms with Crippen LogP contribution in [-0.4, -0.2) is 33.8 Å². The van der Waals surface area contributed by atoms with Crippen LogP contribution in [-0.2, 0) is 10.0 Å². The zero-order valence-electron chi connectivity index (χ0n) is 17.2. The summed E-state index contributed by atoms with van der Waals surface area (Å²) in [6.45, 7) is 0. The Labute approximate surface area is 184 Å². The lowest BCUT2D eigenvalue weighted by atomic mass is 10.2. The molecular formula is C21H20N4O6S. The van der Waals surface area contributed by atoms with Gasteiger partial charge >= 0.3 is 0 Å². The van der Waals surface area contributed by atoms with Crippen molar-refractivity contribution in [2.24, 2.45) is 5.10 Å². The molecule has 11 heteroatoms. The summed E-state index contributed by atoms with van der Waals surface area (Å²) < 4.78 is 38.0. The highest BCUT2D eigenvalue weighted by atomic mass is 32.2. The van der Waals surface area contributed by atoms with Gasteiger partial charge in [-0.2, -0.15) is 5.10 Å². The number of hydrogen-bond donors (Lipinski definition) is 2. The highest BCUT2D eigenvalue weighted by Crippen LogP contribution is 2.29. The number of hydrogen-bond acceptors (Lipinski definition) is 8. The van der Waals surface area contributed by atoms with Crippen molar-refractivity contribution in [3.05, 3.63) is 82.4 Å². The Morgan fingerprint density at radius 1 is 0.969 bits per heavy atom. The molecule has 0 spiro atoms. The molecule has 10 nitrogen and oxygen atoms in total. The molecule has 3 aromatic carbocycles. The van der Waals surface area contributed by atoms with Crippen molar-refractivity contribution in [3.63, 3.8) is 0 Å². The molecule has 0 saturated carbocycles. The lowest BCUT2D eigenvalue weighted by Gasteiger charge is -2.09. The van der Waals surface area contributed by atoms with Gasteiger partial charge in [0.05, 0.1) is 30.3 Å². The van der Waals surface area contributed by atoms with Gasteiger partial charge in [0.15, 0.2) is 11.5 Å². The number of nitrogens with one attached hydrogen (secondary N) is 2. The maximum atomic E-state index is 12.6. The van der Waals surface area contributed by atoms with Gasteiger partial charge in [-0.3, -0.25) is 20.3 Å². The first kappa shape index (κ1) is 22.6. The van der Waals surface area contributed by atoms with Crippen LogP contribution in [0.1, 0.15) is 5.56 Å². The minimum absolute atomic E-state index is 0.0328. The molecular weight excluding hydrogens is 436 g/mol. The molecule has 2 N–H and O–H groups in total. The zero-order chi connectivity index (χ0) is 23.1. The molecule has 0 fully saturated rings. The zero-order valence-corrected chi connectivity index (χ0v) is 18.0. The molecule has 3 rings (SSSR count). The fraction of sp³-hybridized carbons (Fsp3) is 0.0952. The number of nitro groups is 1. The van der Waals surface area contributed by atoms with Gasteiger partial charge in [0.25, 0.3) is 15.7 Å². The van der Waals surface area contributed by atoms with Gasteiger partial charge in [-0.05, 0) is 48.0 Å². The summed E-state index contributed by atoms with van der Waals surface area (Å²) in [5, 5.41) is 15.5. The van der Waals surface area contributed by atoms with Crippen LogP contribution in [0.3, 0.4) is 0 Å². The Morgan fingerprint density at radius 3 is 2.34 bits per heavy atom. The monoisotopic (exact) mass is 456 g/mol. The molecule has 0 bridgehead atoms. The first-order valence-electron chi connectivity index (χ1n) is 9.21. The molecule has 0 heterocycles. The van der Waals surface area contributed by atoms with Crippen LogP contribution in [0.25, 0.3) is 0 Å². The van der Waals surface area contributed by atoms with E-state index in [1.54, 1.807) is 48.5 Å². The standard InChI is InChI=1S/C21H20N4O6S/c1-30-20-11-8-15(12-21(20)31-2)14-22-23-18-10-9-17(13-19(18)25(26)27)32(28,29)24-16-6-4-3-5-7-16/h3-14,23-24H,1-2H3/b22-14+. The second-order valence-corrected chi connectivity index (χ2v) is 8.07. The lowest BCUT2D eigenvalue weighted by Crippen LogP contribution is -2.13. The number of ether oxygens (including phenoxy) is 2. The van der Waals surface area contributed by atoms with E-state index in [1.807, 2.05) is 0 Å². The highest BCUT2D eigenvalue weighted by Gasteiger charge is 2.21. The van der Waals surface area contributed by atoms with E-state index >= 15 is 0 Å². The number of hydrazone groups is 1. The van der Waals surface area contributed by atoms with Crippen molar-refractivity contribution < 1.29 is 22.8 Å². The third-order valence-corrected chi connectivity index (χ3v) is 5.69. The molecule has 0 aromatic heterocycles. The van der Waals surface area contributed by atoms with E-state index in [-0.39, 0.29) is 10.6 Å². The molecule has 3 aromatic rings. The normalized spacial score (nSPS) is 11.2. The summed E-state index contributed by atoms with van der Waals surface area (Å²) in [5.74, 6) is 1.05. The van der Waals surface area contributed by atoms with Gasteiger partial charge in [-0.15, -0.1) is 0 Å². The first-order chi connectivity index (χ1) is 15.3. The number of para-hydroxylation sites is 1. The number of sulfonamides is 1. The van der Waals surface area contributed by atoms with Crippen LogP contribution in [0.5, 0.6) is 11.5 Å².